The van der Waals surface area contributed by atoms with Crippen LogP contribution in [0.3, 0.4) is 0 Å². The number of nitrogens with one attached hydrogen (secondary N) is 5. The summed E-state index contributed by atoms with van der Waals surface area (Å²) >= 11 is 0. The molecule has 1 unspecified atom stereocenters. The Labute approximate surface area is 355 Å². The molecule has 1 aromatic carbocycles. The van der Waals surface area contributed by atoms with Gasteiger partial charge in [0.15, 0.2) is 6.61 Å². The molecule has 62 heavy (non-hydrogen) atoms. The monoisotopic (exact) mass is 846 g/mol. The Kier molecular flexibility index (Phi) is 13.2. The van der Waals surface area contributed by atoms with Crippen LogP contribution in [0.25, 0.3) is 16.9 Å². The van der Waals surface area contributed by atoms with Crippen LogP contribution in [0.1, 0.15) is 89.0 Å². The maximum atomic E-state index is 13.5. The third-order valence-corrected chi connectivity index (χ3v) is 10.8. The second-order valence-electron chi connectivity index (χ2n) is 15.5. The van der Waals surface area contributed by atoms with E-state index in [4.69, 9.17) is 9.47 Å². The molecule has 5 N–H and O–H groups in total. The van der Waals surface area contributed by atoms with Crippen LogP contribution < -0.4 is 31.3 Å². The van der Waals surface area contributed by atoms with Gasteiger partial charge in [0.25, 0.3) is 23.6 Å². The molecular weight excluding hydrogens is 801 g/mol. The predicted molar refractivity (Wildman–Crippen MR) is 221 cm³/mol. The summed E-state index contributed by atoms with van der Waals surface area (Å²) in [5.74, 6) is -3.07. The summed E-state index contributed by atoms with van der Waals surface area (Å²) in [5.41, 5.74) is 2.12. The van der Waals surface area contributed by atoms with Crippen molar-refractivity contribution in [2.24, 2.45) is 5.92 Å². The zero-order valence-corrected chi connectivity index (χ0v) is 34.2. The van der Waals surface area contributed by atoms with Crippen LogP contribution in [-0.2, 0) is 23.9 Å². The zero-order chi connectivity index (χ0) is 43.9. The van der Waals surface area contributed by atoms with Crippen LogP contribution in [0.5, 0.6) is 5.75 Å². The number of hydrogen-bond donors (Lipinski definition) is 5. The Morgan fingerprint density at radius 3 is 2.47 bits per heavy atom. The first-order valence-corrected chi connectivity index (χ1v) is 20.5. The highest BCUT2D eigenvalue weighted by molar-refractivity contribution is 6.24. The van der Waals surface area contributed by atoms with Gasteiger partial charge >= 0.3 is 0 Å². The molecule has 3 aromatic heterocycles. The molecule has 1 saturated carbocycles. The van der Waals surface area contributed by atoms with Crippen molar-refractivity contribution in [3.8, 4) is 17.6 Å². The van der Waals surface area contributed by atoms with Gasteiger partial charge in [0, 0.05) is 67.6 Å². The largest absolute Gasteiger partial charge is 0.483 e. The van der Waals surface area contributed by atoms with E-state index in [-0.39, 0.29) is 85.8 Å². The number of amides is 7. The van der Waals surface area contributed by atoms with Gasteiger partial charge in [0.1, 0.15) is 29.3 Å². The van der Waals surface area contributed by atoms with Crippen molar-refractivity contribution in [1.82, 2.24) is 40.7 Å². The van der Waals surface area contributed by atoms with E-state index in [0.717, 1.165) is 10.3 Å². The SMILES string of the molecule is CC(C)Nc1cc(-n2ccc3cc(C#N)cnc32)ncc1C(=O)NC1CCC(C(=O)NCCOCCNC(=O)COc2cccc3c2C(=O)N(C2CCC(=O)NC2=O)C3=O)CC1. The molecule has 1 aliphatic carbocycles. The number of carbonyl (C=O) groups excluding carboxylic acids is 7. The first-order chi connectivity index (χ1) is 29.9. The van der Waals surface area contributed by atoms with Crippen LogP contribution in [0.15, 0.2) is 55.0 Å². The average Bonchev–Trinajstić information content (AvgIpc) is 3.79. The molecule has 7 rings (SSSR count). The number of imide groups is 2. The Morgan fingerprint density at radius 1 is 0.952 bits per heavy atom. The van der Waals surface area contributed by atoms with E-state index < -0.39 is 42.2 Å². The Morgan fingerprint density at radius 2 is 1.73 bits per heavy atom. The highest BCUT2D eigenvalue weighted by Crippen LogP contribution is 2.34. The zero-order valence-electron chi connectivity index (χ0n) is 34.2. The lowest BCUT2D eigenvalue weighted by Gasteiger charge is -2.28. The fraction of sp³-hybridized carbons (Fsp3) is 0.395. The average molecular weight is 847 g/mol. The van der Waals surface area contributed by atoms with E-state index >= 15 is 0 Å². The number of piperidine rings is 1. The summed E-state index contributed by atoms with van der Waals surface area (Å²) < 4.78 is 13.0. The van der Waals surface area contributed by atoms with Crippen molar-refractivity contribution < 1.29 is 43.0 Å². The van der Waals surface area contributed by atoms with Crippen molar-refractivity contribution in [3.05, 3.63) is 77.2 Å². The normalized spacial score (nSPS) is 18.5. The fourth-order valence-electron chi connectivity index (χ4n) is 7.77. The van der Waals surface area contributed by atoms with E-state index in [2.05, 4.69) is 42.6 Å². The Hall–Kier alpha value is -7.20. The topological polar surface area (TPSA) is 256 Å². The van der Waals surface area contributed by atoms with Crippen LogP contribution in [0, 0.1) is 17.2 Å². The molecule has 3 aliphatic rings. The lowest BCUT2D eigenvalue weighted by molar-refractivity contribution is -0.136. The van der Waals surface area contributed by atoms with Gasteiger partial charge in [0.05, 0.1) is 41.2 Å². The van der Waals surface area contributed by atoms with E-state index in [1.165, 1.54) is 24.4 Å². The van der Waals surface area contributed by atoms with Gasteiger partial charge < -0.3 is 30.7 Å². The van der Waals surface area contributed by atoms with Crippen molar-refractivity contribution >= 4 is 58.1 Å². The third kappa shape index (κ3) is 9.55. The van der Waals surface area contributed by atoms with Crippen LogP contribution in [0.4, 0.5) is 5.69 Å². The molecule has 0 spiro atoms. The molecule has 7 amide bonds. The molecule has 19 nitrogen and oxygen atoms in total. The number of nitrogens with zero attached hydrogens (tertiary/aromatic N) is 5. The number of pyridine rings is 2. The van der Waals surface area contributed by atoms with Crippen LogP contribution >= 0.6 is 0 Å². The van der Waals surface area contributed by atoms with Crippen LogP contribution in [0.2, 0.25) is 0 Å². The minimum atomic E-state index is -1.12. The number of rotatable bonds is 16. The standard InChI is InChI=1S/C43H46N10O9/c1-24(2)49-31-19-34(52-15-12-27-18-25(20-44)21-48-38(27)52)47-22-30(31)40(57)50-28-8-6-26(7-9-28)39(56)46-14-17-61-16-13-45-36(55)23-62-33-5-3-4-29-37(33)43(60)53(42(29)59)32-10-11-35(54)51-41(32)58/h3-5,12,15,18-19,21-22,24,26,28,32H,6-11,13-14,16-17,23H2,1-2H3,(H,45,55)(H,46,56)(H,47,49)(H,50,57)(H,51,54,58). The number of aromatic nitrogens is 3. The summed E-state index contributed by atoms with van der Waals surface area (Å²) in [6.45, 7) is 4.33. The van der Waals surface area contributed by atoms with Gasteiger partial charge in [-0.05, 0) is 70.2 Å². The van der Waals surface area contributed by atoms with Crippen molar-refractivity contribution in [2.75, 3.05) is 38.2 Å². The lowest BCUT2D eigenvalue weighted by atomic mass is 9.85. The van der Waals surface area contributed by atoms with Crippen molar-refractivity contribution in [1.29, 1.82) is 5.26 Å². The molecule has 2 fully saturated rings. The maximum Gasteiger partial charge on any atom is 0.266 e. The van der Waals surface area contributed by atoms with Gasteiger partial charge in [-0.2, -0.15) is 5.26 Å². The highest BCUT2D eigenvalue weighted by Gasteiger charge is 2.46. The van der Waals surface area contributed by atoms with Gasteiger partial charge in [-0.25, -0.2) is 9.97 Å². The van der Waals surface area contributed by atoms with Crippen molar-refractivity contribution in [2.45, 2.75) is 70.5 Å². The van der Waals surface area contributed by atoms with Gasteiger partial charge in [-0.1, -0.05) is 6.07 Å². The minimum Gasteiger partial charge on any atom is -0.483 e. The predicted octanol–water partition coefficient (Wildman–Crippen LogP) is 2.13. The first-order valence-electron chi connectivity index (χ1n) is 20.5. The highest BCUT2D eigenvalue weighted by atomic mass is 16.5. The summed E-state index contributed by atoms with van der Waals surface area (Å²) in [5, 5.41) is 24.2. The quantitative estimate of drug-likeness (QED) is 0.0802. The molecule has 5 heterocycles. The molecule has 2 aliphatic heterocycles. The summed E-state index contributed by atoms with van der Waals surface area (Å²) in [4.78, 5) is 98.9. The molecule has 322 valence electrons. The van der Waals surface area contributed by atoms with Gasteiger partial charge in [-0.3, -0.25) is 48.3 Å². The van der Waals surface area contributed by atoms with Gasteiger partial charge in [-0.15, -0.1) is 0 Å². The van der Waals surface area contributed by atoms with Gasteiger partial charge in [0.2, 0.25) is 17.7 Å². The molecule has 4 aromatic rings. The second-order valence-corrected chi connectivity index (χ2v) is 15.5. The minimum absolute atomic E-state index is 0.00645. The molecule has 1 saturated heterocycles. The number of anilines is 1. The lowest BCUT2D eigenvalue weighted by Crippen LogP contribution is -2.54. The van der Waals surface area contributed by atoms with Crippen LogP contribution in [-0.4, -0.2) is 112 Å². The van der Waals surface area contributed by atoms with E-state index in [1.54, 1.807) is 22.9 Å². The number of carbonyl (C=O) groups is 7. The Bertz CT molecular complexity index is 2470. The Balaban J connectivity index is 0.792. The molecular formula is C43H46N10O9. The summed E-state index contributed by atoms with van der Waals surface area (Å²) in [6, 6.07) is 10.7. The van der Waals surface area contributed by atoms with E-state index in [0.29, 0.717) is 54.0 Å². The number of hydrogen-bond acceptors (Lipinski definition) is 13. The summed E-state index contributed by atoms with van der Waals surface area (Å²) in [6.07, 6.45) is 7.37. The molecule has 0 radical (unpaired) electrons. The molecule has 1 atom stereocenters. The maximum absolute atomic E-state index is 13.5. The molecule has 0 bridgehead atoms. The smallest absolute Gasteiger partial charge is 0.266 e. The molecule has 19 heteroatoms. The van der Waals surface area contributed by atoms with Crippen molar-refractivity contribution in [3.63, 3.8) is 0 Å². The summed E-state index contributed by atoms with van der Waals surface area (Å²) in [7, 11) is 0. The number of nitriles is 1. The number of benzene rings is 1. The van der Waals surface area contributed by atoms with E-state index in [9.17, 15) is 38.8 Å². The third-order valence-electron chi connectivity index (χ3n) is 10.8. The fourth-order valence-corrected chi connectivity index (χ4v) is 7.77. The number of ether oxygens (including phenoxy) is 2. The number of fused-ring (bicyclic) bond motifs is 2. The second kappa shape index (κ2) is 19.0. The van der Waals surface area contributed by atoms with E-state index in [1.807, 2.05) is 26.1 Å². The first kappa shape index (κ1) is 42.9.